The van der Waals surface area contributed by atoms with Crippen LogP contribution in [0.2, 0.25) is 0 Å². The van der Waals surface area contributed by atoms with Crippen molar-refractivity contribution in [2.75, 3.05) is 6.54 Å². The highest BCUT2D eigenvalue weighted by atomic mass is 16.4. The largest absolute Gasteiger partial charge is 0.480 e. The van der Waals surface area contributed by atoms with Crippen molar-refractivity contribution < 1.29 is 9.90 Å². The van der Waals surface area contributed by atoms with E-state index in [4.69, 9.17) is 0 Å². The second kappa shape index (κ2) is 6.71. The fraction of sp³-hybridized carbons (Fsp3) is 0.562. The Labute approximate surface area is 115 Å². The molecule has 3 heteroatoms. The van der Waals surface area contributed by atoms with E-state index in [1.54, 1.807) is 0 Å². The van der Waals surface area contributed by atoms with Gasteiger partial charge in [0.25, 0.3) is 0 Å². The Balaban J connectivity index is 1.93. The molecule has 0 spiro atoms. The minimum Gasteiger partial charge on any atom is -0.480 e. The van der Waals surface area contributed by atoms with Crippen molar-refractivity contribution in [1.29, 1.82) is 0 Å². The molecule has 0 radical (unpaired) electrons. The summed E-state index contributed by atoms with van der Waals surface area (Å²) >= 11 is 0. The third-order valence-electron chi connectivity index (χ3n) is 4.04. The van der Waals surface area contributed by atoms with Gasteiger partial charge in [0.1, 0.15) is 6.04 Å². The molecule has 0 heterocycles. The lowest BCUT2D eigenvalue weighted by Crippen LogP contribution is -2.34. The van der Waals surface area contributed by atoms with Crippen molar-refractivity contribution in [1.82, 2.24) is 5.32 Å². The summed E-state index contributed by atoms with van der Waals surface area (Å²) in [6, 6.07) is 8.83. The minimum atomic E-state index is -0.796. The maximum Gasteiger partial charge on any atom is 0.325 e. The molecule has 1 aromatic rings. The molecule has 1 fully saturated rings. The summed E-state index contributed by atoms with van der Waals surface area (Å²) in [7, 11) is 0. The molecule has 2 rings (SSSR count). The minimum absolute atomic E-state index is 0.585. The lowest BCUT2D eigenvalue weighted by Gasteiger charge is -2.28. The predicted molar refractivity (Wildman–Crippen MR) is 75.9 cm³/mol. The molecule has 0 saturated heterocycles. The van der Waals surface area contributed by atoms with E-state index in [-0.39, 0.29) is 0 Å². The second-order valence-corrected chi connectivity index (χ2v) is 5.73. The maximum absolute atomic E-state index is 11.4. The van der Waals surface area contributed by atoms with Crippen molar-refractivity contribution in [2.45, 2.75) is 38.6 Å². The number of benzene rings is 1. The van der Waals surface area contributed by atoms with Crippen LogP contribution in [0, 0.1) is 11.8 Å². The van der Waals surface area contributed by atoms with Crippen LogP contribution in [0.3, 0.4) is 0 Å². The van der Waals surface area contributed by atoms with E-state index in [9.17, 15) is 9.90 Å². The van der Waals surface area contributed by atoms with Crippen molar-refractivity contribution >= 4 is 5.97 Å². The Morgan fingerprint density at radius 3 is 2.74 bits per heavy atom. The first-order valence-electron chi connectivity index (χ1n) is 7.18. The molecule has 1 aliphatic rings. The molecule has 2 N–H and O–H groups in total. The summed E-state index contributed by atoms with van der Waals surface area (Å²) in [6.45, 7) is 3.09. The molecule has 1 aliphatic carbocycles. The van der Waals surface area contributed by atoms with E-state index < -0.39 is 12.0 Å². The third kappa shape index (κ3) is 4.06. The standard InChI is InChI=1S/C16H23NO2/c1-12-6-5-7-13(10-12)11-17-15(16(18)19)14-8-3-2-4-9-14/h2-4,8-9,12-13,15,17H,5-7,10-11H2,1H3,(H,18,19)/t12?,13?,15-/m0/s1. The van der Waals surface area contributed by atoms with Crippen LogP contribution < -0.4 is 5.32 Å². The van der Waals surface area contributed by atoms with Crippen LogP contribution in [0.4, 0.5) is 0 Å². The first-order valence-corrected chi connectivity index (χ1v) is 7.18. The molecule has 3 nitrogen and oxygen atoms in total. The van der Waals surface area contributed by atoms with Gasteiger partial charge in [-0.25, -0.2) is 0 Å². The molecule has 0 amide bonds. The number of hydrogen-bond donors (Lipinski definition) is 2. The van der Waals surface area contributed by atoms with E-state index in [0.29, 0.717) is 5.92 Å². The summed E-state index contributed by atoms with van der Waals surface area (Å²) in [5.41, 5.74) is 0.832. The highest BCUT2D eigenvalue weighted by molar-refractivity contribution is 5.75. The summed E-state index contributed by atoms with van der Waals surface area (Å²) in [5, 5.41) is 12.6. The Morgan fingerprint density at radius 1 is 1.37 bits per heavy atom. The zero-order valence-electron chi connectivity index (χ0n) is 11.5. The number of hydrogen-bond acceptors (Lipinski definition) is 2. The summed E-state index contributed by atoms with van der Waals surface area (Å²) in [5.74, 6) is 0.602. The van der Waals surface area contributed by atoms with Gasteiger partial charge < -0.3 is 10.4 Å². The fourth-order valence-electron chi connectivity index (χ4n) is 3.02. The van der Waals surface area contributed by atoms with E-state index in [1.165, 1.54) is 25.7 Å². The first kappa shape index (κ1) is 14.1. The van der Waals surface area contributed by atoms with Gasteiger partial charge in [-0.15, -0.1) is 0 Å². The molecule has 2 unspecified atom stereocenters. The van der Waals surface area contributed by atoms with Crippen LogP contribution >= 0.6 is 0 Å². The number of nitrogens with one attached hydrogen (secondary N) is 1. The van der Waals surface area contributed by atoms with E-state index >= 15 is 0 Å². The number of aliphatic carboxylic acids is 1. The van der Waals surface area contributed by atoms with E-state index in [1.807, 2.05) is 30.3 Å². The Morgan fingerprint density at radius 2 is 2.11 bits per heavy atom. The zero-order valence-corrected chi connectivity index (χ0v) is 11.5. The summed E-state index contributed by atoms with van der Waals surface area (Å²) in [4.78, 5) is 11.4. The van der Waals surface area contributed by atoms with Crippen molar-refractivity contribution in [2.24, 2.45) is 11.8 Å². The normalized spacial score (nSPS) is 24.9. The number of carbonyl (C=O) groups is 1. The number of rotatable bonds is 5. The van der Waals surface area contributed by atoms with Crippen LogP contribution in [0.1, 0.15) is 44.2 Å². The van der Waals surface area contributed by atoms with Crippen LogP contribution in [0.25, 0.3) is 0 Å². The Bertz CT molecular complexity index is 404. The van der Waals surface area contributed by atoms with Gasteiger partial charge in [-0.05, 0) is 36.8 Å². The fourth-order valence-corrected chi connectivity index (χ4v) is 3.02. The molecule has 0 aromatic heterocycles. The highest BCUT2D eigenvalue weighted by Gasteiger charge is 2.23. The lowest BCUT2D eigenvalue weighted by molar-refractivity contribution is -0.139. The van der Waals surface area contributed by atoms with Gasteiger partial charge in [-0.3, -0.25) is 4.79 Å². The Kier molecular flexibility index (Phi) is 4.97. The second-order valence-electron chi connectivity index (χ2n) is 5.73. The molecule has 104 valence electrons. The third-order valence-corrected chi connectivity index (χ3v) is 4.04. The van der Waals surface area contributed by atoms with Crippen molar-refractivity contribution in [3.05, 3.63) is 35.9 Å². The average Bonchev–Trinajstić information content (AvgIpc) is 2.40. The maximum atomic E-state index is 11.4. The van der Waals surface area contributed by atoms with Crippen LogP contribution in [0.5, 0.6) is 0 Å². The summed E-state index contributed by atoms with van der Waals surface area (Å²) in [6.07, 6.45) is 5.03. The molecule has 19 heavy (non-hydrogen) atoms. The molecular weight excluding hydrogens is 238 g/mol. The van der Waals surface area contributed by atoms with Gasteiger partial charge in [0.2, 0.25) is 0 Å². The SMILES string of the molecule is CC1CCCC(CN[C@H](C(=O)O)c2ccccc2)C1. The van der Waals surface area contributed by atoms with Crippen LogP contribution in [-0.4, -0.2) is 17.6 Å². The van der Waals surface area contributed by atoms with Crippen LogP contribution in [-0.2, 0) is 4.79 Å². The quantitative estimate of drug-likeness (QED) is 0.855. The number of carboxylic acid groups (broad SMARTS) is 1. The van der Waals surface area contributed by atoms with Gasteiger partial charge in [-0.2, -0.15) is 0 Å². The van der Waals surface area contributed by atoms with E-state index in [0.717, 1.165) is 18.0 Å². The molecule has 1 aromatic carbocycles. The van der Waals surface area contributed by atoms with Crippen LogP contribution in [0.15, 0.2) is 30.3 Å². The zero-order chi connectivity index (χ0) is 13.7. The molecule has 0 aliphatic heterocycles. The summed E-state index contributed by atoms with van der Waals surface area (Å²) < 4.78 is 0. The smallest absolute Gasteiger partial charge is 0.325 e. The molecule has 1 saturated carbocycles. The van der Waals surface area contributed by atoms with Crippen molar-refractivity contribution in [3.63, 3.8) is 0 Å². The monoisotopic (exact) mass is 261 g/mol. The lowest BCUT2D eigenvalue weighted by atomic mass is 9.82. The predicted octanol–water partition coefficient (Wildman–Crippen LogP) is 3.23. The van der Waals surface area contributed by atoms with E-state index in [2.05, 4.69) is 12.2 Å². The first-order chi connectivity index (χ1) is 9.16. The topological polar surface area (TPSA) is 49.3 Å². The van der Waals surface area contributed by atoms with Gasteiger partial charge in [-0.1, -0.05) is 50.1 Å². The molecule has 0 bridgehead atoms. The van der Waals surface area contributed by atoms with Gasteiger partial charge in [0.15, 0.2) is 0 Å². The number of carboxylic acids is 1. The Hall–Kier alpha value is -1.35. The highest BCUT2D eigenvalue weighted by Crippen LogP contribution is 2.28. The molecular formula is C16H23NO2. The van der Waals surface area contributed by atoms with Gasteiger partial charge in [0.05, 0.1) is 0 Å². The molecule has 3 atom stereocenters. The van der Waals surface area contributed by atoms with Gasteiger partial charge >= 0.3 is 5.97 Å². The van der Waals surface area contributed by atoms with Gasteiger partial charge in [0, 0.05) is 0 Å². The average molecular weight is 261 g/mol. The van der Waals surface area contributed by atoms with Crippen molar-refractivity contribution in [3.8, 4) is 0 Å².